The molecule has 0 atom stereocenters. The molecule has 0 bridgehead atoms. The van der Waals surface area contributed by atoms with Crippen LogP contribution in [-0.4, -0.2) is 44.2 Å². The second-order valence-electron chi connectivity index (χ2n) is 6.51. The third-order valence-corrected chi connectivity index (χ3v) is 4.13. The maximum atomic E-state index is 12.3. The molecule has 1 amide bonds. The van der Waals surface area contributed by atoms with Crippen LogP contribution in [0.4, 0.5) is 5.69 Å². The number of nitrogens with zero attached hydrogens (tertiary/aromatic N) is 1. The fourth-order valence-corrected chi connectivity index (χ4v) is 2.91. The van der Waals surface area contributed by atoms with E-state index in [9.17, 15) is 4.79 Å². The Morgan fingerprint density at radius 1 is 1.11 bits per heavy atom. The van der Waals surface area contributed by atoms with Gasteiger partial charge in [0, 0.05) is 24.7 Å². The molecular weight excluding hydrogens is 344 g/mol. The minimum absolute atomic E-state index is 0.0714. The molecule has 1 aliphatic rings. The summed E-state index contributed by atoms with van der Waals surface area (Å²) in [5, 5.41) is 2.92. The number of nitrogens with one attached hydrogen (secondary N) is 1. The topological polar surface area (TPSA) is 60.0 Å². The molecule has 1 N–H and O–H groups in total. The first-order chi connectivity index (χ1) is 13.1. The largest absolute Gasteiger partial charge is 0.494 e. The molecule has 0 saturated heterocycles. The van der Waals surface area contributed by atoms with Gasteiger partial charge in [-0.3, -0.25) is 9.69 Å². The summed E-state index contributed by atoms with van der Waals surface area (Å²) in [7, 11) is 1.92. The number of carbonyl (C=O) groups is 1. The molecule has 1 aliphatic heterocycles. The van der Waals surface area contributed by atoms with Gasteiger partial charge in [0.15, 0.2) is 11.5 Å². The quantitative estimate of drug-likeness (QED) is 0.810. The summed E-state index contributed by atoms with van der Waals surface area (Å²) in [6.07, 6.45) is 0.854. The Labute approximate surface area is 160 Å². The van der Waals surface area contributed by atoms with E-state index in [2.05, 4.69) is 5.32 Å². The van der Waals surface area contributed by atoms with Crippen LogP contribution in [0.5, 0.6) is 17.2 Å². The second kappa shape index (κ2) is 9.28. The first-order valence-corrected chi connectivity index (χ1v) is 9.24. The van der Waals surface area contributed by atoms with Crippen LogP contribution in [0.15, 0.2) is 42.5 Å². The predicted octanol–water partition coefficient (Wildman–Crippen LogP) is 3.32. The van der Waals surface area contributed by atoms with E-state index in [-0.39, 0.29) is 5.91 Å². The van der Waals surface area contributed by atoms with Gasteiger partial charge in [-0.25, -0.2) is 0 Å². The van der Waals surface area contributed by atoms with E-state index in [1.54, 1.807) is 0 Å². The predicted molar refractivity (Wildman–Crippen MR) is 105 cm³/mol. The van der Waals surface area contributed by atoms with Crippen molar-refractivity contribution in [2.24, 2.45) is 0 Å². The van der Waals surface area contributed by atoms with Crippen LogP contribution in [0.3, 0.4) is 0 Å². The Hall–Kier alpha value is -2.73. The lowest BCUT2D eigenvalue weighted by atomic mass is 10.2. The number of hydrogen-bond donors (Lipinski definition) is 1. The van der Waals surface area contributed by atoms with Crippen molar-refractivity contribution in [1.82, 2.24) is 4.90 Å². The van der Waals surface area contributed by atoms with Crippen molar-refractivity contribution in [2.75, 3.05) is 38.7 Å². The van der Waals surface area contributed by atoms with Crippen LogP contribution in [0.25, 0.3) is 0 Å². The SMILES string of the molecule is CCOc1ccc(CN(C)CC(=O)Nc2ccc3c(c2)OCCCO3)cc1. The smallest absolute Gasteiger partial charge is 0.238 e. The minimum Gasteiger partial charge on any atom is -0.494 e. The number of likely N-dealkylation sites (N-methyl/N-ethyl adjacent to an activating group) is 1. The molecule has 0 aliphatic carbocycles. The summed E-state index contributed by atoms with van der Waals surface area (Å²) in [6.45, 7) is 4.86. The molecule has 3 rings (SSSR count). The van der Waals surface area contributed by atoms with Crippen LogP contribution in [-0.2, 0) is 11.3 Å². The van der Waals surface area contributed by atoms with Crippen LogP contribution >= 0.6 is 0 Å². The maximum absolute atomic E-state index is 12.3. The molecule has 6 heteroatoms. The zero-order valence-electron chi connectivity index (χ0n) is 15.9. The summed E-state index contributed by atoms with van der Waals surface area (Å²) in [4.78, 5) is 14.3. The zero-order chi connectivity index (χ0) is 19.1. The summed E-state index contributed by atoms with van der Waals surface area (Å²) in [5.41, 5.74) is 1.84. The van der Waals surface area contributed by atoms with Crippen molar-refractivity contribution in [3.05, 3.63) is 48.0 Å². The maximum Gasteiger partial charge on any atom is 0.238 e. The van der Waals surface area contributed by atoms with Crippen LogP contribution in [0, 0.1) is 0 Å². The van der Waals surface area contributed by atoms with Gasteiger partial charge in [0.2, 0.25) is 5.91 Å². The summed E-state index contributed by atoms with van der Waals surface area (Å²) in [6, 6.07) is 13.4. The molecule has 0 saturated carbocycles. The number of amides is 1. The van der Waals surface area contributed by atoms with Gasteiger partial charge in [0.05, 0.1) is 26.4 Å². The van der Waals surface area contributed by atoms with Crippen molar-refractivity contribution >= 4 is 11.6 Å². The Morgan fingerprint density at radius 3 is 2.59 bits per heavy atom. The van der Waals surface area contributed by atoms with Gasteiger partial charge in [-0.15, -0.1) is 0 Å². The number of hydrogen-bond acceptors (Lipinski definition) is 5. The number of anilines is 1. The van der Waals surface area contributed by atoms with E-state index < -0.39 is 0 Å². The fourth-order valence-electron chi connectivity index (χ4n) is 2.91. The van der Waals surface area contributed by atoms with Crippen molar-refractivity contribution in [3.63, 3.8) is 0 Å². The monoisotopic (exact) mass is 370 g/mol. The first-order valence-electron chi connectivity index (χ1n) is 9.24. The summed E-state index contributed by atoms with van der Waals surface area (Å²) >= 11 is 0. The van der Waals surface area contributed by atoms with E-state index in [4.69, 9.17) is 14.2 Å². The van der Waals surface area contributed by atoms with E-state index in [1.165, 1.54) is 0 Å². The standard InChI is InChI=1S/C21H26N2O4/c1-3-25-18-8-5-16(6-9-18)14-23(2)15-21(24)22-17-7-10-19-20(13-17)27-12-4-11-26-19/h5-10,13H,3-4,11-12,14-15H2,1-2H3,(H,22,24). The number of benzene rings is 2. The average Bonchev–Trinajstić information content (AvgIpc) is 2.88. The number of ether oxygens (including phenoxy) is 3. The van der Waals surface area contributed by atoms with Gasteiger partial charge >= 0.3 is 0 Å². The average molecular weight is 370 g/mol. The molecule has 1 heterocycles. The highest BCUT2D eigenvalue weighted by Crippen LogP contribution is 2.32. The van der Waals surface area contributed by atoms with Gasteiger partial charge in [0.25, 0.3) is 0 Å². The van der Waals surface area contributed by atoms with Crippen LogP contribution in [0.1, 0.15) is 18.9 Å². The zero-order valence-corrected chi connectivity index (χ0v) is 15.9. The molecule has 0 unspecified atom stereocenters. The fraction of sp³-hybridized carbons (Fsp3) is 0.381. The van der Waals surface area contributed by atoms with Crippen molar-refractivity contribution in [1.29, 1.82) is 0 Å². The van der Waals surface area contributed by atoms with E-state index in [1.807, 2.05) is 61.3 Å². The van der Waals surface area contributed by atoms with Crippen molar-refractivity contribution in [2.45, 2.75) is 19.9 Å². The molecule has 6 nitrogen and oxygen atoms in total. The summed E-state index contributed by atoms with van der Waals surface area (Å²) < 4.78 is 16.7. The Balaban J connectivity index is 1.51. The van der Waals surface area contributed by atoms with Gasteiger partial charge in [-0.1, -0.05) is 12.1 Å². The number of carbonyl (C=O) groups excluding carboxylic acids is 1. The lowest BCUT2D eigenvalue weighted by Crippen LogP contribution is -2.29. The number of fused-ring (bicyclic) bond motifs is 1. The molecule has 0 fully saturated rings. The Bertz CT molecular complexity index is 761. The van der Waals surface area contributed by atoms with Crippen LogP contribution < -0.4 is 19.5 Å². The van der Waals surface area contributed by atoms with Gasteiger partial charge in [-0.05, 0) is 43.8 Å². The van der Waals surface area contributed by atoms with Crippen molar-refractivity contribution < 1.29 is 19.0 Å². The third kappa shape index (κ3) is 5.62. The minimum atomic E-state index is -0.0714. The van der Waals surface area contributed by atoms with Gasteiger partial charge < -0.3 is 19.5 Å². The molecule has 0 aromatic heterocycles. The molecule has 2 aromatic rings. The van der Waals surface area contributed by atoms with Gasteiger partial charge in [-0.2, -0.15) is 0 Å². The molecule has 144 valence electrons. The molecular formula is C21H26N2O4. The van der Waals surface area contributed by atoms with E-state index in [0.29, 0.717) is 44.3 Å². The Morgan fingerprint density at radius 2 is 1.85 bits per heavy atom. The molecule has 27 heavy (non-hydrogen) atoms. The lowest BCUT2D eigenvalue weighted by Gasteiger charge is -2.17. The highest BCUT2D eigenvalue weighted by atomic mass is 16.5. The lowest BCUT2D eigenvalue weighted by molar-refractivity contribution is -0.117. The molecule has 0 spiro atoms. The molecule has 2 aromatic carbocycles. The normalized spacial score (nSPS) is 13.1. The Kier molecular flexibility index (Phi) is 6.54. The second-order valence-corrected chi connectivity index (χ2v) is 6.51. The number of rotatable bonds is 7. The van der Waals surface area contributed by atoms with Gasteiger partial charge in [0.1, 0.15) is 5.75 Å². The first kappa shape index (κ1) is 19.0. The molecule has 0 radical (unpaired) electrons. The third-order valence-electron chi connectivity index (χ3n) is 4.13. The highest BCUT2D eigenvalue weighted by Gasteiger charge is 2.13. The van der Waals surface area contributed by atoms with Crippen molar-refractivity contribution in [3.8, 4) is 17.2 Å². The highest BCUT2D eigenvalue weighted by molar-refractivity contribution is 5.92. The van der Waals surface area contributed by atoms with Crippen LogP contribution in [0.2, 0.25) is 0 Å². The van der Waals surface area contributed by atoms with E-state index in [0.717, 1.165) is 23.5 Å². The van der Waals surface area contributed by atoms with E-state index >= 15 is 0 Å². The summed E-state index contributed by atoms with van der Waals surface area (Å²) in [5.74, 6) is 2.18.